The molecule has 0 unspecified atom stereocenters. The summed E-state index contributed by atoms with van der Waals surface area (Å²) in [7, 11) is 1.65. The third-order valence-corrected chi connectivity index (χ3v) is 5.38. The van der Waals surface area contributed by atoms with Crippen LogP contribution < -0.4 is 10.1 Å². The molecule has 1 atom stereocenters. The molecule has 5 heteroatoms. The molecule has 0 saturated heterocycles. The molecular weight excluding hydrogens is 350 g/mol. The van der Waals surface area contributed by atoms with E-state index in [0.29, 0.717) is 6.42 Å². The normalized spacial score (nSPS) is 16.8. The molecule has 148 valence electrons. The highest BCUT2D eigenvalue weighted by molar-refractivity contribution is 6.03. The number of carbonyl (C=O) groups excluding carboxylic acids is 1. The SMILES string of the molecule is CCC(C)(C)NCC(=O)N1N=C(c2ccccc2)C[C@@H]1c1ccc(OC)cc1. The summed E-state index contributed by atoms with van der Waals surface area (Å²) in [5.41, 5.74) is 2.96. The van der Waals surface area contributed by atoms with E-state index in [1.54, 1.807) is 12.1 Å². The Morgan fingerprint density at radius 1 is 1.18 bits per heavy atom. The van der Waals surface area contributed by atoms with Crippen LogP contribution in [-0.4, -0.2) is 35.8 Å². The van der Waals surface area contributed by atoms with Crippen molar-refractivity contribution in [1.82, 2.24) is 10.3 Å². The Kier molecular flexibility index (Phi) is 6.15. The van der Waals surface area contributed by atoms with E-state index >= 15 is 0 Å². The van der Waals surface area contributed by atoms with E-state index < -0.39 is 0 Å². The van der Waals surface area contributed by atoms with Gasteiger partial charge in [0.05, 0.1) is 25.4 Å². The maximum Gasteiger partial charge on any atom is 0.257 e. The summed E-state index contributed by atoms with van der Waals surface area (Å²) in [6, 6.07) is 17.8. The predicted octanol–water partition coefficient (Wildman–Crippen LogP) is 4.15. The zero-order valence-corrected chi connectivity index (χ0v) is 17.1. The number of ether oxygens (including phenoxy) is 1. The van der Waals surface area contributed by atoms with Gasteiger partial charge in [0.25, 0.3) is 5.91 Å². The first-order chi connectivity index (χ1) is 13.4. The number of hydrogen-bond donors (Lipinski definition) is 1. The minimum atomic E-state index is -0.111. The Balaban J connectivity index is 1.85. The van der Waals surface area contributed by atoms with Crippen molar-refractivity contribution >= 4 is 11.6 Å². The molecule has 0 aromatic heterocycles. The minimum absolute atomic E-state index is 0.0201. The topological polar surface area (TPSA) is 53.9 Å². The molecule has 1 N–H and O–H groups in total. The molecule has 1 aliphatic rings. The average molecular weight is 380 g/mol. The van der Waals surface area contributed by atoms with Crippen LogP contribution in [0.1, 0.15) is 50.8 Å². The van der Waals surface area contributed by atoms with Crippen LogP contribution in [0.2, 0.25) is 0 Å². The fraction of sp³-hybridized carbons (Fsp3) is 0.391. The standard InChI is InChI=1S/C23H29N3O2/c1-5-23(2,3)24-16-22(27)26-21(18-11-13-19(28-4)14-12-18)15-20(25-26)17-9-7-6-8-10-17/h6-14,21,24H,5,15-16H2,1-4H3/t21-/m1/s1. The lowest BCUT2D eigenvalue weighted by Gasteiger charge is -2.27. The quantitative estimate of drug-likeness (QED) is 0.786. The van der Waals surface area contributed by atoms with Gasteiger partial charge < -0.3 is 10.1 Å². The molecule has 1 heterocycles. The van der Waals surface area contributed by atoms with Gasteiger partial charge in [-0.25, -0.2) is 5.01 Å². The van der Waals surface area contributed by atoms with Crippen molar-refractivity contribution in [1.29, 1.82) is 0 Å². The van der Waals surface area contributed by atoms with Crippen molar-refractivity contribution in [3.8, 4) is 5.75 Å². The summed E-state index contributed by atoms with van der Waals surface area (Å²) in [6.45, 7) is 6.58. The van der Waals surface area contributed by atoms with E-state index in [2.05, 4.69) is 26.1 Å². The van der Waals surface area contributed by atoms with Crippen molar-refractivity contribution in [2.24, 2.45) is 5.10 Å². The van der Waals surface area contributed by atoms with Crippen molar-refractivity contribution in [3.63, 3.8) is 0 Å². The van der Waals surface area contributed by atoms with Gasteiger partial charge in [0.2, 0.25) is 0 Å². The number of carbonyl (C=O) groups is 1. The summed E-state index contributed by atoms with van der Waals surface area (Å²) in [5, 5.41) is 9.71. The van der Waals surface area contributed by atoms with Gasteiger partial charge in [-0.15, -0.1) is 0 Å². The second-order valence-electron chi connectivity index (χ2n) is 7.74. The summed E-state index contributed by atoms with van der Waals surface area (Å²) < 4.78 is 5.27. The first-order valence-electron chi connectivity index (χ1n) is 9.77. The third kappa shape index (κ3) is 4.60. The summed E-state index contributed by atoms with van der Waals surface area (Å²) in [5.74, 6) is 0.781. The lowest BCUT2D eigenvalue weighted by atomic mass is 9.98. The zero-order chi connectivity index (χ0) is 20.1. The minimum Gasteiger partial charge on any atom is -0.497 e. The van der Waals surface area contributed by atoms with Crippen molar-refractivity contribution in [3.05, 3.63) is 65.7 Å². The maximum absolute atomic E-state index is 13.0. The van der Waals surface area contributed by atoms with Gasteiger partial charge in [-0.2, -0.15) is 5.10 Å². The molecule has 28 heavy (non-hydrogen) atoms. The predicted molar refractivity (Wildman–Crippen MR) is 113 cm³/mol. The number of nitrogens with one attached hydrogen (secondary N) is 1. The molecule has 0 saturated carbocycles. The van der Waals surface area contributed by atoms with Crippen LogP contribution in [0, 0.1) is 0 Å². The maximum atomic E-state index is 13.0. The molecular formula is C23H29N3O2. The molecule has 0 aliphatic carbocycles. The number of hydrazone groups is 1. The van der Waals surface area contributed by atoms with Gasteiger partial charge in [-0.05, 0) is 43.5 Å². The lowest BCUT2D eigenvalue weighted by molar-refractivity contribution is -0.132. The molecule has 3 rings (SSSR count). The van der Waals surface area contributed by atoms with Crippen LogP contribution in [0.4, 0.5) is 0 Å². The van der Waals surface area contributed by atoms with Crippen molar-refractivity contribution < 1.29 is 9.53 Å². The van der Waals surface area contributed by atoms with Gasteiger partial charge in [-0.1, -0.05) is 49.4 Å². The highest BCUT2D eigenvalue weighted by atomic mass is 16.5. The molecule has 0 bridgehead atoms. The molecule has 0 fully saturated rings. The highest BCUT2D eigenvalue weighted by Crippen LogP contribution is 2.33. The van der Waals surface area contributed by atoms with Crippen molar-refractivity contribution in [2.75, 3.05) is 13.7 Å². The average Bonchev–Trinajstić information content (AvgIpc) is 3.18. The molecule has 1 aliphatic heterocycles. The van der Waals surface area contributed by atoms with Crippen LogP contribution >= 0.6 is 0 Å². The first kappa shape index (κ1) is 20.1. The molecule has 0 radical (unpaired) electrons. The number of nitrogens with zero attached hydrogens (tertiary/aromatic N) is 2. The Bertz CT molecular complexity index is 829. The van der Waals surface area contributed by atoms with Crippen LogP contribution in [0.5, 0.6) is 5.75 Å². The fourth-order valence-electron chi connectivity index (χ4n) is 3.15. The van der Waals surface area contributed by atoms with Gasteiger partial charge in [0, 0.05) is 12.0 Å². The largest absolute Gasteiger partial charge is 0.497 e. The number of benzene rings is 2. The Morgan fingerprint density at radius 3 is 2.46 bits per heavy atom. The van der Waals surface area contributed by atoms with Crippen LogP contribution in [0.25, 0.3) is 0 Å². The highest BCUT2D eigenvalue weighted by Gasteiger charge is 2.33. The van der Waals surface area contributed by atoms with E-state index in [4.69, 9.17) is 9.84 Å². The van der Waals surface area contributed by atoms with Gasteiger partial charge in [0.1, 0.15) is 5.75 Å². The first-order valence-corrected chi connectivity index (χ1v) is 9.77. The lowest BCUT2D eigenvalue weighted by Crippen LogP contribution is -2.45. The number of methoxy groups -OCH3 is 1. The van der Waals surface area contributed by atoms with E-state index in [9.17, 15) is 4.79 Å². The van der Waals surface area contributed by atoms with Crippen LogP contribution in [-0.2, 0) is 4.79 Å². The molecule has 5 nitrogen and oxygen atoms in total. The summed E-state index contributed by atoms with van der Waals surface area (Å²) in [4.78, 5) is 13.0. The fourth-order valence-corrected chi connectivity index (χ4v) is 3.15. The van der Waals surface area contributed by atoms with E-state index in [-0.39, 0.29) is 24.0 Å². The van der Waals surface area contributed by atoms with Gasteiger partial charge in [-0.3, -0.25) is 4.79 Å². The number of amides is 1. The Morgan fingerprint density at radius 2 is 1.86 bits per heavy atom. The van der Waals surface area contributed by atoms with Crippen molar-refractivity contribution in [2.45, 2.75) is 45.2 Å². The van der Waals surface area contributed by atoms with E-state index in [0.717, 1.165) is 29.0 Å². The number of rotatable bonds is 7. The Labute approximate surface area is 167 Å². The molecule has 1 amide bonds. The molecule has 2 aromatic rings. The van der Waals surface area contributed by atoms with Gasteiger partial charge in [0.15, 0.2) is 0 Å². The third-order valence-electron chi connectivity index (χ3n) is 5.38. The van der Waals surface area contributed by atoms with Crippen LogP contribution in [0.3, 0.4) is 0 Å². The van der Waals surface area contributed by atoms with Crippen LogP contribution in [0.15, 0.2) is 59.7 Å². The smallest absolute Gasteiger partial charge is 0.257 e. The summed E-state index contributed by atoms with van der Waals surface area (Å²) in [6.07, 6.45) is 1.64. The molecule has 2 aromatic carbocycles. The second-order valence-corrected chi connectivity index (χ2v) is 7.74. The number of hydrogen-bond acceptors (Lipinski definition) is 4. The second kappa shape index (κ2) is 8.57. The Hall–Kier alpha value is -2.66. The monoisotopic (exact) mass is 379 g/mol. The van der Waals surface area contributed by atoms with Gasteiger partial charge >= 0.3 is 0 Å². The molecule has 0 spiro atoms. The van der Waals surface area contributed by atoms with E-state index in [1.165, 1.54) is 0 Å². The van der Waals surface area contributed by atoms with E-state index in [1.807, 2.05) is 54.6 Å². The zero-order valence-electron chi connectivity index (χ0n) is 17.1. The summed E-state index contributed by atoms with van der Waals surface area (Å²) >= 11 is 0.